The van der Waals surface area contributed by atoms with Crippen LogP contribution in [0.1, 0.15) is 80.5 Å². The van der Waals surface area contributed by atoms with Crippen LogP contribution in [0.5, 0.6) is 0 Å². The maximum absolute atomic E-state index is 15.0. The highest BCUT2D eigenvalue weighted by molar-refractivity contribution is 5.98. The van der Waals surface area contributed by atoms with E-state index in [0.717, 1.165) is 23.8 Å². The number of hydrogen-bond acceptors (Lipinski definition) is 7. The molecule has 14 heteroatoms. The number of Topliss-reactive ketones (excluding diaryl/α,β-unsaturated/α-hetero) is 1. The molecule has 2 atom stereocenters. The minimum atomic E-state index is -1.09. The molecule has 4 rings (SSSR count). The van der Waals surface area contributed by atoms with Crippen LogP contribution in [0.2, 0.25) is 0 Å². The number of halogens is 2. The van der Waals surface area contributed by atoms with E-state index in [0.29, 0.717) is 35.5 Å². The summed E-state index contributed by atoms with van der Waals surface area (Å²) in [5, 5.41) is 24.2. The third-order valence-electron chi connectivity index (χ3n) is 9.16. The van der Waals surface area contributed by atoms with Crippen LogP contribution in [0.15, 0.2) is 85.1 Å². The molecule has 0 aliphatic heterocycles. The van der Waals surface area contributed by atoms with E-state index in [4.69, 9.17) is 10.8 Å². The Bertz CT molecular complexity index is 2010. The molecule has 0 unspecified atom stereocenters. The van der Waals surface area contributed by atoms with Gasteiger partial charge in [-0.15, -0.1) is 0 Å². The molecule has 298 valence electrons. The first kappa shape index (κ1) is 43.0. The molecule has 0 saturated heterocycles. The van der Waals surface area contributed by atoms with Gasteiger partial charge >= 0.3 is 5.97 Å². The summed E-state index contributed by atoms with van der Waals surface area (Å²) in [7, 11) is 0. The van der Waals surface area contributed by atoms with Crippen molar-refractivity contribution in [1.82, 2.24) is 14.8 Å². The molecule has 0 radical (unpaired) electrons. The number of amides is 3. The number of benzene rings is 3. The Kier molecular flexibility index (Phi) is 15.2. The zero-order valence-electron chi connectivity index (χ0n) is 31.8. The van der Waals surface area contributed by atoms with Crippen molar-refractivity contribution in [3.63, 3.8) is 0 Å². The SMILES string of the molecule is CC(C)(C)[C@H](c1cc(-c2cc(F)ccc2F)cn1Cc1ccccc1)N(CC[C@H](N)C(=O)NCCCC(=O)c1cccc(NC(=O)CCC(=O)O)c1)C(=O)CO. The zero-order valence-corrected chi connectivity index (χ0v) is 31.8. The number of aliphatic carboxylic acids is 1. The molecule has 12 nitrogen and oxygen atoms in total. The number of ketones is 1. The number of nitrogens with two attached hydrogens (primary N) is 1. The van der Waals surface area contributed by atoms with Crippen molar-refractivity contribution in [3.8, 4) is 11.1 Å². The quantitative estimate of drug-likeness (QED) is 0.0595. The van der Waals surface area contributed by atoms with Crippen molar-refractivity contribution in [1.29, 1.82) is 0 Å². The lowest BCUT2D eigenvalue weighted by Gasteiger charge is -2.41. The summed E-state index contributed by atoms with van der Waals surface area (Å²) >= 11 is 0. The van der Waals surface area contributed by atoms with Crippen LogP contribution in [-0.2, 0) is 25.7 Å². The van der Waals surface area contributed by atoms with E-state index in [1.807, 2.05) is 55.7 Å². The maximum Gasteiger partial charge on any atom is 0.303 e. The van der Waals surface area contributed by atoms with Gasteiger partial charge < -0.3 is 36.0 Å². The molecule has 1 aromatic heterocycles. The molecule has 0 spiro atoms. The molecule has 1 heterocycles. The number of carboxylic acid groups (broad SMARTS) is 1. The van der Waals surface area contributed by atoms with Crippen LogP contribution < -0.4 is 16.4 Å². The fraction of sp³-hybridized carbons (Fsp3) is 0.357. The van der Waals surface area contributed by atoms with Crippen molar-refractivity contribution in [2.45, 2.75) is 71.5 Å². The van der Waals surface area contributed by atoms with Gasteiger partial charge in [-0.3, -0.25) is 24.0 Å². The largest absolute Gasteiger partial charge is 0.481 e. The Morgan fingerprint density at radius 3 is 2.32 bits per heavy atom. The summed E-state index contributed by atoms with van der Waals surface area (Å²) in [5.41, 5.74) is 8.34. The first-order valence-corrected chi connectivity index (χ1v) is 18.3. The van der Waals surface area contributed by atoms with E-state index in [1.54, 1.807) is 30.5 Å². The Hall–Kier alpha value is -5.73. The molecule has 0 aliphatic carbocycles. The molecule has 0 aliphatic rings. The van der Waals surface area contributed by atoms with Crippen LogP contribution in [0.3, 0.4) is 0 Å². The number of carbonyl (C=O) groups excluding carboxylic acids is 4. The highest BCUT2D eigenvalue weighted by atomic mass is 19.1. The predicted octanol–water partition coefficient (Wildman–Crippen LogP) is 5.69. The number of carbonyl (C=O) groups is 5. The van der Waals surface area contributed by atoms with Crippen LogP contribution in [0.25, 0.3) is 11.1 Å². The number of carboxylic acids is 1. The molecule has 0 fully saturated rings. The molecule has 4 aromatic rings. The summed E-state index contributed by atoms with van der Waals surface area (Å²) in [5.74, 6) is -4.13. The number of anilines is 1. The van der Waals surface area contributed by atoms with E-state index in [2.05, 4.69) is 10.6 Å². The highest BCUT2D eigenvalue weighted by Gasteiger charge is 2.37. The predicted molar refractivity (Wildman–Crippen MR) is 207 cm³/mol. The molecule has 56 heavy (non-hydrogen) atoms. The van der Waals surface area contributed by atoms with Crippen molar-refractivity contribution >= 4 is 35.2 Å². The van der Waals surface area contributed by atoms with E-state index in [1.165, 1.54) is 11.0 Å². The third-order valence-corrected chi connectivity index (χ3v) is 9.16. The summed E-state index contributed by atoms with van der Waals surface area (Å²) in [6.07, 6.45) is 1.60. The Morgan fingerprint density at radius 2 is 1.64 bits per heavy atom. The van der Waals surface area contributed by atoms with Crippen molar-refractivity contribution in [2.75, 3.05) is 25.0 Å². The number of nitrogens with one attached hydrogen (secondary N) is 2. The molecular formula is C42H49F2N5O7. The number of aliphatic hydroxyl groups is 1. The standard InChI is InChI=1S/C42H49F2N5O7/c1-42(2,3)40(35-22-29(32-23-30(43)14-15-33(32)44)25-48(35)24-27-9-5-4-6-10-27)49(38(53)26-50)20-18-34(45)41(56)46-19-8-13-36(51)28-11-7-12-31(21-28)47-37(52)16-17-39(54)55/h4-7,9-12,14-15,21-23,25,34,40,50H,8,13,16-20,24,26,45H2,1-3H3,(H,46,56)(H,47,52)(H,54,55)/t34-,40-/m0/s1. The topological polar surface area (TPSA) is 184 Å². The van der Waals surface area contributed by atoms with Crippen LogP contribution in [-0.4, -0.2) is 74.9 Å². The average molecular weight is 774 g/mol. The zero-order chi connectivity index (χ0) is 41.0. The highest BCUT2D eigenvalue weighted by Crippen LogP contribution is 2.41. The summed E-state index contributed by atoms with van der Waals surface area (Å²) in [6, 6.07) is 19.0. The van der Waals surface area contributed by atoms with Crippen LogP contribution >= 0.6 is 0 Å². The number of rotatable bonds is 19. The van der Waals surface area contributed by atoms with Crippen molar-refractivity contribution < 1.29 is 43.0 Å². The molecule has 6 N–H and O–H groups in total. The second kappa shape index (κ2) is 19.7. The number of aliphatic hydroxyl groups excluding tert-OH is 1. The van der Waals surface area contributed by atoms with E-state index in [-0.39, 0.29) is 50.1 Å². The van der Waals surface area contributed by atoms with E-state index in [9.17, 15) is 33.5 Å². The number of aromatic nitrogens is 1. The average Bonchev–Trinajstić information content (AvgIpc) is 3.56. The lowest BCUT2D eigenvalue weighted by atomic mass is 9.82. The Balaban J connectivity index is 1.44. The molecule has 3 aromatic carbocycles. The number of nitrogens with zero attached hydrogens (tertiary/aromatic N) is 2. The van der Waals surface area contributed by atoms with Gasteiger partial charge in [0.05, 0.1) is 18.5 Å². The maximum atomic E-state index is 15.0. The second-order valence-corrected chi connectivity index (χ2v) is 14.6. The fourth-order valence-corrected chi connectivity index (χ4v) is 6.46. The van der Waals surface area contributed by atoms with E-state index >= 15 is 4.39 Å². The van der Waals surface area contributed by atoms with Crippen LogP contribution in [0, 0.1) is 17.0 Å². The van der Waals surface area contributed by atoms with Gasteiger partial charge in [0.25, 0.3) is 0 Å². The lowest BCUT2D eigenvalue weighted by Crippen LogP contribution is -2.47. The number of hydrogen-bond donors (Lipinski definition) is 5. The van der Waals surface area contributed by atoms with Crippen LogP contribution in [0.4, 0.5) is 14.5 Å². The van der Waals surface area contributed by atoms with Gasteiger partial charge in [0.15, 0.2) is 5.78 Å². The summed E-state index contributed by atoms with van der Waals surface area (Å²) in [6.45, 7) is 5.41. The van der Waals surface area contributed by atoms with Gasteiger partial charge in [-0.1, -0.05) is 63.2 Å². The molecule has 3 amide bonds. The Labute approximate surface area is 324 Å². The third kappa shape index (κ3) is 12.1. The van der Waals surface area contributed by atoms with Crippen molar-refractivity contribution in [3.05, 3.63) is 114 Å². The van der Waals surface area contributed by atoms with Gasteiger partial charge in [0.2, 0.25) is 17.7 Å². The summed E-state index contributed by atoms with van der Waals surface area (Å²) in [4.78, 5) is 63.5. The minimum Gasteiger partial charge on any atom is -0.481 e. The summed E-state index contributed by atoms with van der Waals surface area (Å²) < 4.78 is 31.2. The first-order chi connectivity index (χ1) is 26.6. The van der Waals surface area contributed by atoms with Gasteiger partial charge in [0.1, 0.15) is 18.2 Å². The molecule has 0 bridgehead atoms. The Morgan fingerprint density at radius 1 is 0.911 bits per heavy atom. The minimum absolute atomic E-state index is 0.0161. The normalized spacial score (nSPS) is 12.4. The van der Waals surface area contributed by atoms with Gasteiger partial charge in [-0.2, -0.15) is 0 Å². The fourth-order valence-electron chi connectivity index (χ4n) is 6.46. The van der Waals surface area contributed by atoms with E-state index < -0.39 is 59.4 Å². The first-order valence-electron chi connectivity index (χ1n) is 18.3. The molecular weight excluding hydrogens is 724 g/mol. The van der Waals surface area contributed by atoms with Gasteiger partial charge in [-0.05, 0) is 60.2 Å². The van der Waals surface area contributed by atoms with Crippen molar-refractivity contribution in [2.24, 2.45) is 11.1 Å². The van der Waals surface area contributed by atoms with Gasteiger partial charge in [0, 0.05) is 66.7 Å². The lowest BCUT2D eigenvalue weighted by molar-refractivity contribution is -0.140. The molecule has 0 saturated carbocycles. The van der Waals surface area contributed by atoms with Gasteiger partial charge in [-0.25, -0.2) is 8.78 Å². The smallest absolute Gasteiger partial charge is 0.303 e. The second-order valence-electron chi connectivity index (χ2n) is 14.6. The monoisotopic (exact) mass is 773 g/mol.